The predicted molar refractivity (Wildman–Crippen MR) is 76.7 cm³/mol. The summed E-state index contributed by atoms with van der Waals surface area (Å²) in [5.74, 6) is 0.995. The lowest BCUT2D eigenvalue weighted by molar-refractivity contribution is -0.137. The smallest absolute Gasteiger partial charge is 0.416 e. The molecule has 2 aromatic carbocycles. The van der Waals surface area contributed by atoms with Gasteiger partial charge in [0.05, 0.1) is 5.56 Å². The van der Waals surface area contributed by atoms with Crippen LogP contribution in [0.5, 0.6) is 5.75 Å². The van der Waals surface area contributed by atoms with Crippen LogP contribution in [0.4, 0.5) is 13.2 Å². The van der Waals surface area contributed by atoms with Gasteiger partial charge >= 0.3 is 6.18 Å². The van der Waals surface area contributed by atoms with E-state index in [1.165, 1.54) is 12.1 Å². The summed E-state index contributed by atoms with van der Waals surface area (Å²) in [7, 11) is 0. The monoisotopic (exact) mass is 306 g/mol. The number of ether oxygens (including phenoxy) is 1. The molecule has 0 aliphatic rings. The van der Waals surface area contributed by atoms with Gasteiger partial charge in [-0.25, -0.2) is 0 Å². The molecule has 0 saturated heterocycles. The Bertz CT molecular complexity index is 786. The van der Waals surface area contributed by atoms with Crippen molar-refractivity contribution >= 4 is 11.0 Å². The van der Waals surface area contributed by atoms with Crippen molar-refractivity contribution in [1.29, 1.82) is 0 Å². The van der Waals surface area contributed by atoms with Crippen molar-refractivity contribution in [1.82, 2.24) is 0 Å². The van der Waals surface area contributed by atoms with Gasteiger partial charge in [-0.3, -0.25) is 0 Å². The molecule has 3 aromatic rings. The first-order chi connectivity index (χ1) is 10.4. The lowest BCUT2D eigenvalue weighted by Gasteiger charge is -2.08. The van der Waals surface area contributed by atoms with E-state index >= 15 is 0 Å². The van der Waals surface area contributed by atoms with Crippen LogP contribution in [0.3, 0.4) is 0 Å². The Balaban J connectivity index is 1.72. The highest BCUT2D eigenvalue weighted by molar-refractivity contribution is 5.80. The number of benzene rings is 2. The van der Waals surface area contributed by atoms with Gasteiger partial charge in [-0.15, -0.1) is 0 Å². The quantitative estimate of drug-likeness (QED) is 0.652. The molecular weight excluding hydrogens is 293 g/mol. The number of hydrogen-bond donors (Lipinski definition) is 0. The van der Waals surface area contributed by atoms with Crippen LogP contribution in [-0.4, -0.2) is 0 Å². The van der Waals surface area contributed by atoms with E-state index in [4.69, 9.17) is 9.15 Å². The third kappa shape index (κ3) is 2.93. The molecule has 114 valence electrons. The molecule has 0 spiro atoms. The summed E-state index contributed by atoms with van der Waals surface area (Å²) in [6.45, 7) is 2.12. The molecule has 2 nitrogen and oxygen atoms in total. The minimum Gasteiger partial charge on any atom is -0.486 e. The molecule has 1 aromatic heterocycles. The van der Waals surface area contributed by atoms with Crippen LogP contribution in [0.15, 0.2) is 52.9 Å². The van der Waals surface area contributed by atoms with Crippen LogP contribution in [0.25, 0.3) is 11.0 Å². The zero-order valence-electron chi connectivity index (χ0n) is 11.8. The van der Waals surface area contributed by atoms with Gasteiger partial charge in [0, 0.05) is 5.39 Å². The van der Waals surface area contributed by atoms with E-state index in [0.717, 1.165) is 28.7 Å². The van der Waals surface area contributed by atoms with E-state index < -0.39 is 11.7 Å². The topological polar surface area (TPSA) is 22.4 Å². The zero-order valence-corrected chi connectivity index (χ0v) is 11.8. The van der Waals surface area contributed by atoms with Gasteiger partial charge in [0.25, 0.3) is 0 Å². The molecule has 3 rings (SSSR count). The summed E-state index contributed by atoms with van der Waals surface area (Å²) in [5.41, 5.74) is 1.13. The highest BCUT2D eigenvalue weighted by Crippen LogP contribution is 2.30. The molecule has 0 radical (unpaired) electrons. The van der Waals surface area contributed by atoms with Crippen LogP contribution >= 0.6 is 0 Å². The fourth-order valence-corrected chi connectivity index (χ4v) is 2.23. The molecule has 0 fully saturated rings. The van der Waals surface area contributed by atoms with E-state index in [0.29, 0.717) is 11.5 Å². The predicted octanol–water partition coefficient (Wildman–Crippen LogP) is 5.34. The molecule has 0 N–H and O–H groups in total. The minimum atomic E-state index is -4.34. The van der Waals surface area contributed by atoms with Crippen molar-refractivity contribution < 1.29 is 22.3 Å². The third-order valence-electron chi connectivity index (χ3n) is 3.35. The fraction of sp³-hybridized carbons (Fsp3) is 0.176. The SMILES string of the molecule is Cc1cccc2cc(COc3ccc(C(F)(F)F)cc3)oc12. The first kappa shape index (κ1) is 14.5. The fourth-order valence-electron chi connectivity index (χ4n) is 2.23. The van der Waals surface area contributed by atoms with E-state index in [-0.39, 0.29) is 6.61 Å². The maximum absolute atomic E-state index is 12.5. The van der Waals surface area contributed by atoms with Crippen LogP contribution in [0.2, 0.25) is 0 Å². The number of para-hydroxylation sites is 1. The van der Waals surface area contributed by atoms with Crippen molar-refractivity contribution in [3.05, 3.63) is 65.4 Å². The summed E-state index contributed by atoms with van der Waals surface area (Å²) < 4.78 is 48.6. The van der Waals surface area contributed by atoms with Crippen molar-refractivity contribution in [2.45, 2.75) is 19.7 Å². The van der Waals surface area contributed by atoms with Gasteiger partial charge in [-0.05, 0) is 42.8 Å². The van der Waals surface area contributed by atoms with Gasteiger partial charge in [0.15, 0.2) is 0 Å². The molecule has 5 heteroatoms. The molecule has 0 saturated carbocycles. The van der Waals surface area contributed by atoms with Crippen LogP contribution < -0.4 is 4.74 Å². The molecular formula is C17H13F3O2. The van der Waals surface area contributed by atoms with E-state index in [2.05, 4.69) is 0 Å². The number of alkyl halides is 3. The number of halogens is 3. The Labute approximate surface area is 125 Å². The van der Waals surface area contributed by atoms with Crippen LogP contribution in [-0.2, 0) is 12.8 Å². The maximum Gasteiger partial charge on any atom is 0.416 e. The Hall–Kier alpha value is -2.43. The van der Waals surface area contributed by atoms with Gasteiger partial charge in [-0.1, -0.05) is 18.2 Å². The van der Waals surface area contributed by atoms with Crippen molar-refractivity contribution in [3.63, 3.8) is 0 Å². The summed E-state index contributed by atoms with van der Waals surface area (Å²) in [5, 5.41) is 0.978. The molecule has 0 aliphatic heterocycles. The Morgan fingerprint density at radius 3 is 2.41 bits per heavy atom. The lowest BCUT2D eigenvalue weighted by atomic mass is 10.2. The molecule has 22 heavy (non-hydrogen) atoms. The average Bonchev–Trinajstić information content (AvgIpc) is 2.89. The molecule has 0 atom stereocenters. The molecule has 0 aliphatic carbocycles. The second kappa shape index (κ2) is 5.40. The molecule has 0 unspecified atom stereocenters. The van der Waals surface area contributed by atoms with Gasteiger partial charge < -0.3 is 9.15 Å². The largest absolute Gasteiger partial charge is 0.486 e. The number of hydrogen-bond acceptors (Lipinski definition) is 2. The number of fused-ring (bicyclic) bond motifs is 1. The Morgan fingerprint density at radius 2 is 1.77 bits per heavy atom. The Kier molecular flexibility index (Phi) is 3.56. The van der Waals surface area contributed by atoms with Gasteiger partial charge in [0.1, 0.15) is 23.7 Å². The summed E-state index contributed by atoms with van der Waals surface area (Å²) in [6.07, 6.45) is -4.34. The highest BCUT2D eigenvalue weighted by atomic mass is 19.4. The van der Waals surface area contributed by atoms with Gasteiger partial charge in [-0.2, -0.15) is 13.2 Å². The zero-order chi connectivity index (χ0) is 15.7. The normalized spacial score (nSPS) is 11.8. The number of furan rings is 1. The summed E-state index contributed by atoms with van der Waals surface area (Å²) in [4.78, 5) is 0. The number of aryl methyl sites for hydroxylation is 1. The summed E-state index contributed by atoms with van der Waals surface area (Å²) >= 11 is 0. The van der Waals surface area contributed by atoms with Crippen LogP contribution in [0.1, 0.15) is 16.9 Å². The molecule has 0 bridgehead atoms. The Morgan fingerprint density at radius 1 is 1.05 bits per heavy atom. The van der Waals surface area contributed by atoms with Crippen molar-refractivity contribution in [2.24, 2.45) is 0 Å². The standard InChI is InChI=1S/C17H13F3O2/c1-11-3-2-4-12-9-15(22-16(11)12)10-21-14-7-5-13(6-8-14)17(18,19)20/h2-9H,10H2,1H3. The highest BCUT2D eigenvalue weighted by Gasteiger charge is 2.30. The van der Waals surface area contributed by atoms with E-state index in [1.54, 1.807) is 0 Å². The third-order valence-corrected chi connectivity index (χ3v) is 3.35. The minimum absolute atomic E-state index is 0.166. The first-order valence-corrected chi connectivity index (χ1v) is 6.71. The molecule has 1 heterocycles. The van der Waals surface area contributed by atoms with Crippen LogP contribution in [0, 0.1) is 6.92 Å². The second-order valence-corrected chi connectivity index (χ2v) is 5.02. The lowest BCUT2D eigenvalue weighted by Crippen LogP contribution is -2.04. The number of rotatable bonds is 3. The second-order valence-electron chi connectivity index (χ2n) is 5.02. The van der Waals surface area contributed by atoms with E-state index in [1.807, 2.05) is 31.2 Å². The summed E-state index contributed by atoms with van der Waals surface area (Å²) in [6, 6.07) is 12.3. The first-order valence-electron chi connectivity index (χ1n) is 6.71. The average molecular weight is 306 g/mol. The van der Waals surface area contributed by atoms with Crippen molar-refractivity contribution in [3.8, 4) is 5.75 Å². The van der Waals surface area contributed by atoms with Crippen molar-refractivity contribution in [2.75, 3.05) is 0 Å². The molecule has 0 amide bonds. The van der Waals surface area contributed by atoms with Gasteiger partial charge in [0.2, 0.25) is 0 Å². The van der Waals surface area contributed by atoms with E-state index in [9.17, 15) is 13.2 Å². The maximum atomic E-state index is 12.5.